The summed E-state index contributed by atoms with van der Waals surface area (Å²) in [7, 11) is 0. The van der Waals surface area contributed by atoms with Crippen LogP contribution in [-0.4, -0.2) is 23.4 Å². The number of aliphatic imine (C=N–C) groups is 1. The summed E-state index contributed by atoms with van der Waals surface area (Å²) < 4.78 is 14.1. The van der Waals surface area contributed by atoms with Gasteiger partial charge in [0.1, 0.15) is 5.82 Å². The third kappa shape index (κ3) is 5.03. The molecular weight excluding hydrogens is 403 g/mol. The first kappa shape index (κ1) is 21.3. The van der Waals surface area contributed by atoms with E-state index in [-0.39, 0.29) is 11.5 Å². The van der Waals surface area contributed by atoms with Gasteiger partial charge < -0.3 is 10.3 Å². The van der Waals surface area contributed by atoms with Gasteiger partial charge in [0.25, 0.3) is 5.91 Å². The zero-order valence-electron chi connectivity index (χ0n) is 17.9. The van der Waals surface area contributed by atoms with Crippen LogP contribution < -0.4 is 10.6 Å². The highest BCUT2D eigenvalue weighted by atomic mass is 19.1. The van der Waals surface area contributed by atoms with Gasteiger partial charge in [-0.15, -0.1) is 0 Å². The highest BCUT2D eigenvalue weighted by Crippen LogP contribution is 2.18. The van der Waals surface area contributed by atoms with E-state index in [4.69, 9.17) is 0 Å². The molecule has 0 radical (unpaired) electrons. The molecule has 0 saturated heterocycles. The van der Waals surface area contributed by atoms with Crippen molar-refractivity contribution >= 4 is 28.5 Å². The Kier molecular flexibility index (Phi) is 6.60. The van der Waals surface area contributed by atoms with Crippen LogP contribution in [0.1, 0.15) is 28.4 Å². The fourth-order valence-electron chi connectivity index (χ4n) is 3.56. The predicted molar refractivity (Wildman–Crippen MR) is 128 cm³/mol. The first-order chi connectivity index (χ1) is 15.6. The molecule has 32 heavy (non-hydrogen) atoms. The lowest BCUT2D eigenvalue weighted by Crippen LogP contribution is -2.36. The van der Waals surface area contributed by atoms with Gasteiger partial charge in [-0.1, -0.05) is 49.4 Å². The van der Waals surface area contributed by atoms with Gasteiger partial charge in [0.15, 0.2) is 0 Å². The van der Waals surface area contributed by atoms with Crippen molar-refractivity contribution in [2.24, 2.45) is 4.99 Å². The summed E-state index contributed by atoms with van der Waals surface area (Å²) >= 11 is 0. The van der Waals surface area contributed by atoms with Crippen LogP contribution in [0.2, 0.25) is 0 Å². The molecule has 6 heteroatoms. The summed E-state index contributed by atoms with van der Waals surface area (Å²) in [5, 5.41) is 7.06. The Hall–Kier alpha value is -3.93. The van der Waals surface area contributed by atoms with Gasteiger partial charge in [-0.2, -0.15) is 0 Å². The second-order valence-electron chi connectivity index (χ2n) is 7.45. The Morgan fingerprint density at radius 1 is 1.03 bits per heavy atom. The van der Waals surface area contributed by atoms with Crippen molar-refractivity contribution in [2.45, 2.75) is 19.8 Å². The standard InChI is InChI=1S/C26H25FN4O/c1-2-18-8-7-9-20(16-18)30-26(31-25(32)22-11-3-5-12-23(22)27)28-15-14-19-17-29-24-13-6-4-10-21(19)24/h3-13,16-17,29H,2,14-15H2,1H3,(H2,28,30,31,32). The van der Waals surface area contributed by atoms with Crippen molar-refractivity contribution in [1.82, 2.24) is 10.3 Å². The molecule has 0 aliphatic carbocycles. The summed E-state index contributed by atoms with van der Waals surface area (Å²) in [6.07, 6.45) is 3.57. The number of hydrogen-bond acceptors (Lipinski definition) is 2. The van der Waals surface area contributed by atoms with E-state index in [1.807, 2.05) is 48.7 Å². The first-order valence-corrected chi connectivity index (χ1v) is 10.7. The molecule has 0 saturated carbocycles. The van der Waals surface area contributed by atoms with E-state index in [9.17, 15) is 9.18 Å². The van der Waals surface area contributed by atoms with E-state index in [0.717, 1.165) is 34.1 Å². The van der Waals surface area contributed by atoms with E-state index >= 15 is 0 Å². The summed E-state index contributed by atoms with van der Waals surface area (Å²) in [5.41, 5.74) is 4.17. The largest absolute Gasteiger partial charge is 0.361 e. The second kappa shape index (κ2) is 9.92. The molecular formula is C26H25FN4O. The molecule has 0 atom stereocenters. The zero-order valence-corrected chi connectivity index (χ0v) is 17.9. The third-order valence-corrected chi connectivity index (χ3v) is 5.27. The van der Waals surface area contributed by atoms with Crippen LogP contribution in [0.25, 0.3) is 10.9 Å². The fraction of sp³-hybridized carbons (Fsp3) is 0.154. The van der Waals surface area contributed by atoms with Gasteiger partial charge in [0.2, 0.25) is 5.96 Å². The van der Waals surface area contributed by atoms with Crippen molar-refractivity contribution in [1.29, 1.82) is 0 Å². The van der Waals surface area contributed by atoms with Crippen LogP contribution >= 0.6 is 0 Å². The molecule has 3 N–H and O–H groups in total. The fourth-order valence-corrected chi connectivity index (χ4v) is 3.56. The zero-order chi connectivity index (χ0) is 22.3. The van der Waals surface area contributed by atoms with E-state index in [1.165, 1.54) is 12.1 Å². The number of nitrogens with one attached hydrogen (secondary N) is 3. The average molecular weight is 429 g/mol. The molecule has 4 rings (SSSR count). The Bertz CT molecular complexity index is 1260. The summed E-state index contributed by atoms with van der Waals surface area (Å²) in [6, 6.07) is 21.9. The topological polar surface area (TPSA) is 69.3 Å². The first-order valence-electron chi connectivity index (χ1n) is 10.7. The van der Waals surface area contributed by atoms with Gasteiger partial charge in [-0.3, -0.25) is 15.1 Å². The molecule has 0 fully saturated rings. The van der Waals surface area contributed by atoms with Gasteiger partial charge in [-0.25, -0.2) is 4.39 Å². The molecule has 0 aliphatic rings. The van der Waals surface area contributed by atoms with Gasteiger partial charge in [0, 0.05) is 29.3 Å². The number of benzene rings is 3. The third-order valence-electron chi connectivity index (χ3n) is 5.27. The number of H-pyrrole nitrogens is 1. The van der Waals surface area contributed by atoms with Crippen molar-refractivity contribution in [3.05, 3.63) is 102 Å². The number of para-hydroxylation sites is 1. The quantitative estimate of drug-likeness (QED) is 0.288. The van der Waals surface area contributed by atoms with Crippen LogP contribution in [0.3, 0.4) is 0 Å². The SMILES string of the molecule is CCc1cccc(NC(=NCCc2c[nH]c3ccccc23)NC(=O)c2ccccc2F)c1. The minimum Gasteiger partial charge on any atom is -0.361 e. The molecule has 1 aromatic heterocycles. The smallest absolute Gasteiger partial charge is 0.260 e. The Morgan fingerprint density at radius 2 is 1.84 bits per heavy atom. The lowest BCUT2D eigenvalue weighted by Gasteiger charge is -2.13. The lowest BCUT2D eigenvalue weighted by atomic mass is 10.1. The molecule has 1 heterocycles. The van der Waals surface area contributed by atoms with E-state index in [0.29, 0.717) is 13.0 Å². The van der Waals surface area contributed by atoms with Crippen molar-refractivity contribution in [3.8, 4) is 0 Å². The molecule has 3 aromatic carbocycles. The van der Waals surface area contributed by atoms with Crippen LogP contribution in [0.5, 0.6) is 0 Å². The number of aromatic amines is 1. The number of rotatable bonds is 6. The number of halogens is 1. The summed E-state index contributed by atoms with van der Waals surface area (Å²) in [4.78, 5) is 20.5. The maximum atomic E-state index is 14.1. The highest BCUT2D eigenvalue weighted by Gasteiger charge is 2.13. The van der Waals surface area contributed by atoms with E-state index < -0.39 is 11.7 Å². The number of aryl methyl sites for hydroxylation is 1. The maximum absolute atomic E-state index is 14.1. The Labute approximate surface area is 186 Å². The van der Waals surface area contributed by atoms with Gasteiger partial charge in [-0.05, 0) is 54.3 Å². The Balaban J connectivity index is 1.54. The molecule has 4 aromatic rings. The number of nitrogens with zero attached hydrogens (tertiary/aromatic N) is 1. The van der Waals surface area contributed by atoms with Gasteiger partial charge >= 0.3 is 0 Å². The molecule has 162 valence electrons. The van der Waals surface area contributed by atoms with Crippen molar-refractivity contribution in [2.75, 3.05) is 11.9 Å². The number of carbonyl (C=O) groups is 1. The maximum Gasteiger partial charge on any atom is 0.260 e. The number of hydrogen-bond donors (Lipinski definition) is 3. The second-order valence-corrected chi connectivity index (χ2v) is 7.45. The average Bonchev–Trinajstić information content (AvgIpc) is 3.22. The van der Waals surface area contributed by atoms with Crippen molar-refractivity contribution in [3.63, 3.8) is 0 Å². The Morgan fingerprint density at radius 3 is 2.69 bits per heavy atom. The molecule has 0 spiro atoms. The number of aromatic nitrogens is 1. The normalized spacial score (nSPS) is 11.5. The minimum atomic E-state index is -0.573. The molecule has 5 nitrogen and oxygen atoms in total. The minimum absolute atomic E-state index is 0.0269. The number of fused-ring (bicyclic) bond motifs is 1. The van der Waals surface area contributed by atoms with Crippen LogP contribution in [0.4, 0.5) is 10.1 Å². The molecule has 0 bridgehead atoms. The number of anilines is 1. The number of amides is 1. The van der Waals surface area contributed by atoms with Crippen LogP contribution in [-0.2, 0) is 12.8 Å². The molecule has 0 aliphatic heterocycles. The predicted octanol–water partition coefficient (Wildman–Crippen LogP) is 5.31. The van der Waals surface area contributed by atoms with Crippen LogP contribution in [0, 0.1) is 5.82 Å². The molecule has 1 amide bonds. The monoisotopic (exact) mass is 428 g/mol. The van der Waals surface area contributed by atoms with Gasteiger partial charge in [0.05, 0.1) is 5.56 Å². The summed E-state index contributed by atoms with van der Waals surface area (Å²) in [5.74, 6) is -0.837. The van der Waals surface area contributed by atoms with E-state index in [1.54, 1.807) is 12.1 Å². The van der Waals surface area contributed by atoms with Crippen LogP contribution in [0.15, 0.2) is 84.0 Å². The van der Waals surface area contributed by atoms with Crippen molar-refractivity contribution < 1.29 is 9.18 Å². The number of guanidine groups is 1. The highest BCUT2D eigenvalue weighted by molar-refractivity contribution is 6.10. The number of carbonyl (C=O) groups excluding carboxylic acids is 1. The summed E-state index contributed by atoms with van der Waals surface area (Å²) in [6.45, 7) is 2.53. The van der Waals surface area contributed by atoms with E-state index in [2.05, 4.69) is 33.6 Å². The lowest BCUT2D eigenvalue weighted by molar-refractivity contribution is 0.0973. The molecule has 0 unspecified atom stereocenters.